The molecule has 0 heterocycles. The minimum atomic E-state index is -1.52. The molecule has 2 rings (SSSR count). The molecule has 6 nitrogen and oxygen atoms in total. The van der Waals surface area contributed by atoms with E-state index in [-0.39, 0.29) is 17.1 Å². The maximum Gasteiger partial charge on any atom is 2.00 e. The van der Waals surface area contributed by atoms with Crippen LogP contribution in [0.2, 0.25) is 0 Å². The van der Waals surface area contributed by atoms with Gasteiger partial charge in [0.15, 0.2) is 0 Å². The number of aliphatic carboxylic acids is 2. The Morgan fingerprint density at radius 1 is 0.696 bits per heavy atom. The Balaban J connectivity index is 0.000000403. The van der Waals surface area contributed by atoms with Gasteiger partial charge in [-0.2, -0.15) is 0 Å². The van der Waals surface area contributed by atoms with E-state index in [0.717, 1.165) is 0 Å². The molecule has 0 amide bonds. The van der Waals surface area contributed by atoms with Crippen molar-refractivity contribution in [2.45, 2.75) is 12.2 Å². The van der Waals surface area contributed by atoms with Crippen LogP contribution in [0.3, 0.4) is 0 Å². The van der Waals surface area contributed by atoms with Gasteiger partial charge >= 0.3 is 17.1 Å². The Bertz CT molecular complexity index is 547. The van der Waals surface area contributed by atoms with E-state index in [1.807, 2.05) is 0 Å². The third-order valence-corrected chi connectivity index (χ3v) is 2.68. The van der Waals surface area contributed by atoms with Gasteiger partial charge in [0.25, 0.3) is 0 Å². The van der Waals surface area contributed by atoms with Crippen molar-refractivity contribution < 1.29 is 47.1 Å². The number of hydrogen-bond donors (Lipinski definition) is 2. The molecule has 0 spiro atoms. The molecule has 0 aliphatic carbocycles. The van der Waals surface area contributed by atoms with Crippen molar-refractivity contribution in [3.63, 3.8) is 0 Å². The van der Waals surface area contributed by atoms with Crippen molar-refractivity contribution >= 4 is 11.9 Å². The molecule has 2 atom stereocenters. The topological polar surface area (TPSA) is 121 Å². The van der Waals surface area contributed by atoms with Gasteiger partial charge in [-0.15, -0.1) is 0 Å². The van der Waals surface area contributed by atoms with E-state index < -0.39 is 24.1 Å². The first-order valence-corrected chi connectivity index (χ1v) is 6.31. The third kappa shape index (κ3) is 7.08. The van der Waals surface area contributed by atoms with Crippen molar-refractivity contribution in [2.24, 2.45) is 0 Å². The Kier molecular flexibility index (Phi) is 9.53. The Labute approximate surface area is 143 Å². The summed E-state index contributed by atoms with van der Waals surface area (Å²) in [6, 6.07) is 16.2. The van der Waals surface area contributed by atoms with Gasteiger partial charge in [-0.1, -0.05) is 60.7 Å². The predicted octanol–water partition coefficient (Wildman–Crippen LogP) is -1.06. The number of carbonyl (C=O) groups is 2. The molecule has 1 radical (unpaired) electrons. The molecule has 0 aromatic heterocycles. The van der Waals surface area contributed by atoms with Gasteiger partial charge in [-0.3, -0.25) is 0 Å². The summed E-state index contributed by atoms with van der Waals surface area (Å²) < 4.78 is 0. The fourth-order valence-electron chi connectivity index (χ4n) is 1.54. The molecule has 2 aromatic carbocycles. The summed E-state index contributed by atoms with van der Waals surface area (Å²) in [5.74, 6) is -2.95. The van der Waals surface area contributed by atoms with Crippen molar-refractivity contribution in [3.05, 3.63) is 71.8 Å². The van der Waals surface area contributed by atoms with E-state index in [0.29, 0.717) is 11.1 Å². The molecule has 2 unspecified atom stereocenters. The molecule has 0 bridgehead atoms. The molecule has 0 aliphatic rings. The zero-order valence-corrected chi connectivity index (χ0v) is 12.7. The molecule has 0 fully saturated rings. The Morgan fingerprint density at radius 2 is 0.957 bits per heavy atom. The maximum atomic E-state index is 10.1. The van der Waals surface area contributed by atoms with Crippen molar-refractivity contribution in [1.82, 2.24) is 0 Å². The standard InChI is InChI=1S/2C8H8O3.Cu/c2*9-7(8(10)11)6-4-2-1-3-5-6;/h2*1-5,7,9H,(H,10,11);/q;;+2/p-2. The van der Waals surface area contributed by atoms with E-state index in [1.165, 1.54) is 24.3 Å². The number of carbonyl (C=O) groups excluding carboxylic acids is 2. The van der Waals surface area contributed by atoms with Gasteiger partial charge in [-0.25, -0.2) is 0 Å². The summed E-state index contributed by atoms with van der Waals surface area (Å²) in [6.07, 6.45) is -3.03. The second-order valence-electron chi connectivity index (χ2n) is 4.26. The first-order chi connectivity index (χ1) is 10.4. The molecule has 125 valence electrons. The summed E-state index contributed by atoms with van der Waals surface area (Å²) >= 11 is 0. The van der Waals surface area contributed by atoms with Crippen LogP contribution in [-0.4, -0.2) is 22.2 Å². The molecule has 0 saturated heterocycles. The fraction of sp³-hybridized carbons (Fsp3) is 0.125. The molecular formula is C16H14CuO6. The van der Waals surface area contributed by atoms with Gasteiger partial charge in [0.05, 0.1) is 11.9 Å². The van der Waals surface area contributed by atoms with E-state index in [4.69, 9.17) is 10.2 Å². The average molecular weight is 366 g/mol. The van der Waals surface area contributed by atoms with Crippen LogP contribution in [0.25, 0.3) is 0 Å². The number of carboxylic acid groups (broad SMARTS) is 2. The van der Waals surface area contributed by atoms with Crippen LogP contribution in [0, 0.1) is 0 Å². The van der Waals surface area contributed by atoms with Gasteiger partial charge < -0.3 is 30.0 Å². The number of carboxylic acids is 2. The van der Waals surface area contributed by atoms with Gasteiger partial charge in [-0.05, 0) is 11.1 Å². The summed E-state index contributed by atoms with van der Waals surface area (Å²) in [5.41, 5.74) is 0.681. The summed E-state index contributed by atoms with van der Waals surface area (Å²) in [5, 5.41) is 38.1. The monoisotopic (exact) mass is 365 g/mol. The minimum absolute atomic E-state index is 0. The zero-order chi connectivity index (χ0) is 16.5. The predicted molar refractivity (Wildman–Crippen MR) is 72.8 cm³/mol. The second-order valence-corrected chi connectivity index (χ2v) is 4.26. The first-order valence-electron chi connectivity index (χ1n) is 6.31. The van der Waals surface area contributed by atoms with E-state index >= 15 is 0 Å². The van der Waals surface area contributed by atoms with E-state index in [1.54, 1.807) is 36.4 Å². The zero-order valence-electron chi connectivity index (χ0n) is 11.8. The molecule has 0 aliphatic heterocycles. The van der Waals surface area contributed by atoms with Crippen LogP contribution in [0.5, 0.6) is 0 Å². The second kappa shape index (κ2) is 10.5. The molecular weight excluding hydrogens is 352 g/mol. The SMILES string of the molecule is O=C([O-])C(O)c1ccccc1.O=C([O-])C(O)c1ccccc1.[Cu+2]. The van der Waals surface area contributed by atoms with E-state index in [2.05, 4.69) is 0 Å². The first kappa shape index (κ1) is 20.8. The number of hydrogen-bond acceptors (Lipinski definition) is 6. The number of benzene rings is 2. The minimum Gasteiger partial charge on any atom is -0.547 e. The van der Waals surface area contributed by atoms with Crippen LogP contribution in [0.4, 0.5) is 0 Å². The summed E-state index contributed by atoms with van der Waals surface area (Å²) in [4.78, 5) is 20.3. The largest absolute Gasteiger partial charge is 2.00 e. The molecule has 23 heavy (non-hydrogen) atoms. The van der Waals surface area contributed by atoms with Crippen LogP contribution < -0.4 is 10.2 Å². The Morgan fingerprint density at radius 3 is 1.17 bits per heavy atom. The summed E-state index contributed by atoms with van der Waals surface area (Å²) in [7, 11) is 0. The number of rotatable bonds is 4. The molecule has 0 saturated carbocycles. The third-order valence-electron chi connectivity index (χ3n) is 2.68. The van der Waals surface area contributed by atoms with Crippen LogP contribution in [0.15, 0.2) is 60.7 Å². The average Bonchev–Trinajstić information content (AvgIpc) is 2.55. The molecule has 2 aromatic rings. The number of aliphatic hydroxyl groups excluding tert-OH is 2. The van der Waals surface area contributed by atoms with Crippen molar-refractivity contribution in [2.75, 3.05) is 0 Å². The van der Waals surface area contributed by atoms with Crippen molar-refractivity contribution in [1.29, 1.82) is 0 Å². The smallest absolute Gasteiger partial charge is 0.547 e. The number of aliphatic hydroxyl groups is 2. The van der Waals surface area contributed by atoms with Crippen LogP contribution >= 0.6 is 0 Å². The maximum absolute atomic E-state index is 10.1. The van der Waals surface area contributed by atoms with Crippen molar-refractivity contribution in [3.8, 4) is 0 Å². The van der Waals surface area contributed by atoms with Gasteiger partial charge in [0.2, 0.25) is 0 Å². The normalized spacial score (nSPS) is 11.9. The Hall–Kier alpha value is -2.18. The quantitative estimate of drug-likeness (QED) is 0.666. The van der Waals surface area contributed by atoms with Crippen LogP contribution in [-0.2, 0) is 26.7 Å². The van der Waals surface area contributed by atoms with E-state index in [9.17, 15) is 19.8 Å². The van der Waals surface area contributed by atoms with Gasteiger partial charge in [0, 0.05) is 0 Å². The van der Waals surface area contributed by atoms with Gasteiger partial charge in [0.1, 0.15) is 12.2 Å². The summed E-state index contributed by atoms with van der Waals surface area (Å²) in [6.45, 7) is 0. The molecule has 2 N–H and O–H groups in total. The fourth-order valence-corrected chi connectivity index (χ4v) is 1.54. The molecule has 7 heteroatoms. The van der Waals surface area contributed by atoms with Crippen LogP contribution in [0.1, 0.15) is 23.3 Å².